The van der Waals surface area contributed by atoms with E-state index >= 15 is 0 Å². The molecule has 4 heterocycles. The van der Waals surface area contributed by atoms with E-state index in [1.807, 2.05) is 54.3 Å². The number of nitrogen functional groups attached to an aromatic ring is 1. The van der Waals surface area contributed by atoms with Gasteiger partial charge in [0.15, 0.2) is 5.65 Å². The van der Waals surface area contributed by atoms with Gasteiger partial charge in [-0.2, -0.15) is 19.9 Å². The van der Waals surface area contributed by atoms with E-state index in [0.29, 0.717) is 24.9 Å². The highest BCUT2D eigenvalue weighted by Gasteiger charge is 2.42. The van der Waals surface area contributed by atoms with Gasteiger partial charge in [-0.1, -0.05) is 23.4 Å². The van der Waals surface area contributed by atoms with Crippen LogP contribution in [-0.4, -0.2) is 65.3 Å². The molecule has 196 valence electrons. The van der Waals surface area contributed by atoms with Crippen LogP contribution in [0.3, 0.4) is 0 Å². The molecule has 0 amide bonds. The molecule has 0 unspecified atom stereocenters. The van der Waals surface area contributed by atoms with Crippen molar-refractivity contribution in [1.82, 2.24) is 45.0 Å². The molecular formula is C26H30N10O2. The van der Waals surface area contributed by atoms with Crippen LogP contribution in [0.5, 0.6) is 0 Å². The first-order valence-corrected chi connectivity index (χ1v) is 12.7. The Balaban J connectivity index is 1.31. The number of tetrazole rings is 1. The predicted molar refractivity (Wildman–Crippen MR) is 140 cm³/mol. The Morgan fingerprint density at radius 3 is 2.66 bits per heavy atom. The number of nitrogens with zero attached hydrogens (tertiary/aromatic N) is 8. The molecule has 1 aliphatic carbocycles. The lowest BCUT2D eigenvalue weighted by atomic mass is 9.76. The summed E-state index contributed by atoms with van der Waals surface area (Å²) in [4.78, 5) is 5.14. The van der Waals surface area contributed by atoms with E-state index in [-0.39, 0.29) is 5.92 Å². The highest BCUT2D eigenvalue weighted by Crippen LogP contribution is 2.45. The number of nitrogens with one attached hydrogen (secondary N) is 1. The quantitative estimate of drug-likeness (QED) is 0.298. The zero-order valence-corrected chi connectivity index (χ0v) is 21.4. The Labute approximate surface area is 219 Å². The molecule has 0 aliphatic heterocycles. The van der Waals surface area contributed by atoms with Crippen molar-refractivity contribution in [2.24, 2.45) is 0 Å². The van der Waals surface area contributed by atoms with Crippen LogP contribution >= 0.6 is 0 Å². The molecule has 3 N–H and O–H groups in total. The van der Waals surface area contributed by atoms with Gasteiger partial charge in [0.25, 0.3) is 0 Å². The van der Waals surface area contributed by atoms with Gasteiger partial charge in [0, 0.05) is 35.9 Å². The average molecular weight is 515 g/mol. The van der Waals surface area contributed by atoms with Crippen LogP contribution in [0.15, 0.2) is 48.9 Å². The number of para-hydroxylation sites is 1. The molecule has 4 aromatic heterocycles. The maximum atomic E-state index is 6.59. The second-order valence-corrected chi connectivity index (χ2v) is 9.66. The monoisotopic (exact) mass is 514 g/mol. The lowest BCUT2D eigenvalue weighted by Gasteiger charge is -2.38. The number of rotatable bonds is 8. The largest absolute Gasteiger partial charge is 0.383 e. The third-order valence-electron chi connectivity index (χ3n) is 7.48. The number of benzene rings is 1. The van der Waals surface area contributed by atoms with Crippen LogP contribution < -0.4 is 5.73 Å². The number of nitrogens with two attached hydrogens (primary N) is 1. The zero-order valence-electron chi connectivity index (χ0n) is 21.4. The van der Waals surface area contributed by atoms with Gasteiger partial charge in [0.05, 0.1) is 37.0 Å². The molecule has 12 nitrogen and oxygen atoms in total. The maximum absolute atomic E-state index is 6.59. The topological polar surface area (TPSA) is 147 Å². The molecule has 0 bridgehead atoms. The van der Waals surface area contributed by atoms with E-state index in [0.717, 1.165) is 59.4 Å². The Hall–Kier alpha value is -4.16. The first kappa shape index (κ1) is 24.2. The lowest BCUT2D eigenvalue weighted by molar-refractivity contribution is -0.0978. The molecule has 1 aromatic carbocycles. The van der Waals surface area contributed by atoms with E-state index in [9.17, 15) is 0 Å². The minimum atomic E-state index is -0.598. The molecule has 1 fully saturated rings. The van der Waals surface area contributed by atoms with Crippen LogP contribution in [0.25, 0.3) is 22.5 Å². The number of aromatic nitrogens is 9. The lowest BCUT2D eigenvalue weighted by Crippen LogP contribution is -2.37. The third kappa shape index (κ3) is 4.21. The van der Waals surface area contributed by atoms with Crippen molar-refractivity contribution in [3.05, 3.63) is 66.0 Å². The van der Waals surface area contributed by atoms with Crippen molar-refractivity contribution in [3.8, 4) is 16.8 Å². The molecule has 5 aromatic rings. The van der Waals surface area contributed by atoms with Crippen LogP contribution in [-0.2, 0) is 15.1 Å². The van der Waals surface area contributed by atoms with Crippen molar-refractivity contribution in [3.63, 3.8) is 0 Å². The smallest absolute Gasteiger partial charge is 0.206 e. The van der Waals surface area contributed by atoms with E-state index < -0.39 is 5.60 Å². The van der Waals surface area contributed by atoms with Gasteiger partial charge in [-0.3, -0.25) is 0 Å². The fourth-order valence-corrected chi connectivity index (χ4v) is 5.36. The summed E-state index contributed by atoms with van der Waals surface area (Å²) in [5.74, 6) is 1.39. The minimum absolute atomic E-state index is 0.211. The fourth-order valence-electron chi connectivity index (χ4n) is 5.36. The van der Waals surface area contributed by atoms with Crippen molar-refractivity contribution >= 4 is 11.5 Å². The van der Waals surface area contributed by atoms with Crippen molar-refractivity contribution in [2.45, 2.75) is 44.1 Å². The van der Waals surface area contributed by atoms with E-state index in [1.54, 1.807) is 17.8 Å². The van der Waals surface area contributed by atoms with Crippen molar-refractivity contribution < 1.29 is 9.47 Å². The average Bonchev–Trinajstić information content (AvgIpc) is 3.73. The molecule has 12 heteroatoms. The number of aromatic amines is 1. The molecular weight excluding hydrogens is 484 g/mol. The van der Waals surface area contributed by atoms with Crippen molar-refractivity contribution in [1.29, 1.82) is 0 Å². The summed E-state index contributed by atoms with van der Waals surface area (Å²) in [6.45, 7) is 2.98. The van der Waals surface area contributed by atoms with Crippen molar-refractivity contribution in [2.75, 3.05) is 26.1 Å². The highest BCUT2D eigenvalue weighted by atomic mass is 16.5. The number of fused-ring (bicyclic) bond motifs is 1. The number of methoxy groups -OCH3 is 1. The number of anilines is 1. The number of H-pyrrole nitrogens is 1. The SMILES string of the molecule is COCCOC1(c2nn[nH]n2)CCC(c2nc3c(-c4cnn(-c5ccccc5)c4)cnn3c(N)c2C)CC1. The van der Waals surface area contributed by atoms with Gasteiger partial charge < -0.3 is 15.2 Å². The first-order chi connectivity index (χ1) is 18.6. The zero-order chi connectivity index (χ0) is 26.1. The molecule has 0 atom stereocenters. The summed E-state index contributed by atoms with van der Waals surface area (Å²) in [7, 11) is 1.66. The summed E-state index contributed by atoms with van der Waals surface area (Å²) >= 11 is 0. The number of hydrogen-bond acceptors (Lipinski definition) is 9. The van der Waals surface area contributed by atoms with E-state index in [1.165, 1.54) is 0 Å². The normalized spacial score (nSPS) is 19.8. The Morgan fingerprint density at radius 2 is 1.92 bits per heavy atom. The molecule has 1 aliphatic rings. The second kappa shape index (κ2) is 9.95. The summed E-state index contributed by atoms with van der Waals surface area (Å²) in [5.41, 5.74) is 11.5. The van der Waals surface area contributed by atoms with Gasteiger partial charge in [-0.15, -0.1) is 10.2 Å². The van der Waals surface area contributed by atoms with Crippen LogP contribution in [0.4, 0.5) is 5.82 Å². The minimum Gasteiger partial charge on any atom is -0.383 e. The summed E-state index contributed by atoms with van der Waals surface area (Å²) < 4.78 is 15.0. The second-order valence-electron chi connectivity index (χ2n) is 9.66. The summed E-state index contributed by atoms with van der Waals surface area (Å²) in [5, 5.41) is 24.0. The first-order valence-electron chi connectivity index (χ1n) is 12.7. The van der Waals surface area contributed by atoms with Gasteiger partial charge in [-0.05, 0) is 44.7 Å². The fraction of sp³-hybridized carbons (Fsp3) is 0.385. The molecule has 1 saturated carbocycles. The number of ether oxygens (including phenoxy) is 2. The molecule has 0 saturated heterocycles. The maximum Gasteiger partial charge on any atom is 0.206 e. The Morgan fingerprint density at radius 1 is 1.11 bits per heavy atom. The summed E-state index contributed by atoms with van der Waals surface area (Å²) in [6.07, 6.45) is 8.80. The van der Waals surface area contributed by atoms with Crippen LogP contribution in [0.1, 0.15) is 48.7 Å². The van der Waals surface area contributed by atoms with Crippen LogP contribution in [0.2, 0.25) is 0 Å². The van der Waals surface area contributed by atoms with Gasteiger partial charge in [-0.25, -0.2) is 9.67 Å². The standard InChI is InChI=1S/C26H30N10O2/c1-17-22(18-8-10-26(11-9-18,38-13-12-37-2)25-31-33-34-32-25)30-24-21(15-29-36(24)23(17)27)19-14-28-35(16-19)20-6-4-3-5-7-20/h3-7,14-16,18H,8-13,27H2,1-2H3,(H,31,32,33,34). The summed E-state index contributed by atoms with van der Waals surface area (Å²) in [6, 6.07) is 9.99. The molecule has 0 radical (unpaired) electrons. The Kier molecular flexibility index (Phi) is 6.34. The van der Waals surface area contributed by atoms with Gasteiger partial charge in [0.2, 0.25) is 5.82 Å². The number of hydrogen-bond donors (Lipinski definition) is 2. The van der Waals surface area contributed by atoms with Gasteiger partial charge in [0.1, 0.15) is 11.4 Å². The van der Waals surface area contributed by atoms with Crippen LogP contribution in [0, 0.1) is 6.92 Å². The molecule has 38 heavy (non-hydrogen) atoms. The third-order valence-corrected chi connectivity index (χ3v) is 7.48. The predicted octanol–water partition coefficient (Wildman–Crippen LogP) is 3.20. The molecule has 6 rings (SSSR count). The Bertz CT molecular complexity index is 1520. The van der Waals surface area contributed by atoms with E-state index in [2.05, 4.69) is 30.8 Å². The van der Waals surface area contributed by atoms with Gasteiger partial charge >= 0.3 is 0 Å². The molecule has 0 spiro atoms. The highest BCUT2D eigenvalue weighted by molar-refractivity contribution is 5.78. The van der Waals surface area contributed by atoms with E-state index in [4.69, 9.17) is 20.2 Å².